The van der Waals surface area contributed by atoms with E-state index in [-0.39, 0.29) is 0 Å². The van der Waals surface area contributed by atoms with Gasteiger partial charge in [0.1, 0.15) is 11.6 Å². The van der Waals surface area contributed by atoms with Gasteiger partial charge in [0, 0.05) is 18.9 Å². The summed E-state index contributed by atoms with van der Waals surface area (Å²) in [6.07, 6.45) is 3.69. The van der Waals surface area contributed by atoms with Gasteiger partial charge in [-0.25, -0.2) is 4.98 Å². The molecule has 0 saturated heterocycles. The van der Waals surface area contributed by atoms with E-state index in [1.165, 1.54) is 5.56 Å². The van der Waals surface area contributed by atoms with Gasteiger partial charge in [0.05, 0.1) is 17.5 Å². The highest BCUT2D eigenvalue weighted by atomic mass is 79.9. The molecule has 0 fully saturated rings. The van der Waals surface area contributed by atoms with Crippen molar-refractivity contribution >= 4 is 27.5 Å². The van der Waals surface area contributed by atoms with Crippen molar-refractivity contribution in [2.75, 3.05) is 7.11 Å². The first kappa shape index (κ1) is 12.5. The van der Waals surface area contributed by atoms with Crippen molar-refractivity contribution in [1.82, 2.24) is 9.55 Å². The van der Waals surface area contributed by atoms with Crippen molar-refractivity contribution in [3.63, 3.8) is 0 Å². The minimum Gasteiger partial charge on any atom is -0.496 e. The number of nitrogens with zero attached hydrogens (tertiary/aromatic N) is 2. The molecule has 0 radical (unpaired) electrons. The second-order valence-electron chi connectivity index (χ2n) is 3.57. The van der Waals surface area contributed by atoms with E-state index in [1.54, 1.807) is 13.3 Å². The zero-order valence-electron chi connectivity index (χ0n) is 9.36. The molecule has 0 bridgehead atoms. The number of aromatic nitrogens is 2. The van der Waals surface area contributed by atoms with Crippen molar-refractivity contribution in [2.24, 2.45) is 0 Å². The first-order chi connectivity index (χ1) is 8.24. The predicted molar refractivity (Wildman–Crippen MR) is 71.6 cm³/mol. The fraction of sp³-hybridized carbons (Fsp3) is 0.250. The van der Waals surface area contributed by atoms with E-state index in [1.807, 2.05) is 29.0 Å². The molecule has 0 amide bonds. The third-order valence-corrected chi connectivity index (χ3v) is 3.35. The van der Waals surface area contributed by atoms with Crippen molar-refractivity contribution in [3.8, 4) is 5.75 Å². The summed E-state index contributed by atoms with van der Waals surface area (Å²) in [4.78, 5) is 4.18. The molecule has 0 unspecified atom stereocenters. The molecule has 17 heavy (non-hydrogen) atoms. The Hall–Kier alpha value is -1.00. The van der Waals surface area contributed by atoms with Gasteiger partial charge in [-0.15, -0.1) is 11.6 Å². The molecule has 2 rings (SSSR count). The Bertz CT molecular complexity index is 513. The van der Waals surface area contributed by atoms with Gasteiger partial charge in [-0.3, -0.25) is 0 Å². The number of halogens is 2. The van der Waals surface area contributed by atoms with E-state index < -0.39 is 0 Å². The van der Waals surface area contributed by atoms with Gasteiger partial charge in [0.15, 0.2) is 0 Å². The first-order valence-corrected chi connectivity index (χ1v) is 6.45. The van der Waals surface area contributed by atoms with Gasteiger partial charge in [0.2, 0.25) is 0 Å². The quantitative estimate of drug-likeness (QED) is 0.808. The third kappa shape index (κ3) is 2.82. The molecule has 1 heterocycles. The lowest BCUT2D eigenvalue weighted by Crippen LogP contribution is -2.02. The SMILES string of the molecule is COc1ccc(Cn2ccnc2CCl)cc1Br. The van der Waals surface area contributed by atoms with Crippen LogP contribution in [0.4, 0.5) is 0 Å². The van der Waals surface area contributed by atoms with Gasteiger partial charge in [0.25, 0.3) is 0 Å². The minimum atomic E-state index is 0.421. The first-order valence-electron chi connectivity index (χ1n) is 5.13. The number of rotatable bonds is 4. The molecule has 0 aliphatic carbocycles. The summed E-state index contributed by atoms with van der Waals surface area (Å²) in [7, 11) is 1.65. The van der Waals surface area contributed by atoms with Crippen LogP contribution >= 0.6 is 27.5 Å². The topological polar surface area (TPSA) is 27.1 Å². The Balaban J connectivity index is 2.22. The largest absolute Gasteiger partial charge is 0.496 e. The summed E-state index contributed by atoms with van der Waals surface area (Å²) in [6.45, 7) is 0.755. The van der Waals surface area contributed by atoms with Crippen LogP contribution in [-0.4, -0.2) is 16.7 Å². The molecular formula is C12H12BrClN2O. The normalized spacial score (nSPS) is 10.5. The van der Waals surface area contributed by atoms with E-state index in [0.29, 0.717) is 5.88 Å². The van der Waals surface area contributed by atoms with Crippen molar-refractivity contribution in [2.45, 2.75) is 12.4 Å². The highest BCUT2D eigenvalue weighted by molar-refractivity contribution is 9.10. The minimum absolute atomic E-state index is 0.421. The number of hydrogen-bond donors (Lipinski definition) is 0. The van der Waals surface area contributed by atoms with E-state index >= 15 is 0 Å². The Morgan fingerprint density at radius 2 is 2.29 bits per heavy atom. The fourth-order valence-electron chi connectivity index (χ4n) is 1.62. The van der Waals surface area contributed by atoms with E-state index in [9.17, 15) is 0 Å². The molecule has 1 aromatic heterocycles. The van der Waals surface area contributed by atoms with Crippen LogP contribution < -0.4 is 4.74 Å². The second kappa shape index (κ2) is 5.56. The summed E-state index contributed by atoms with van der Waals surface area (Å²) in [5.74, 6) is 2.13. The van der Waals surface area contributed by atoms with Crippen LogP contribution in [0.1, 0.15) is 11.4 Å². The second-order valence-corrected chi connectivity index (χ2v) is 4.70. The summed E-state index contributed by atoms with van der Waals surface area (Å²) >= 11 is 9.28. The smallest absolute Gasteiger partial charge is 0.133 e. The Morgan fingerprint density at radius 1 is 1.47 bits per heavy atom. The molecule has 0 N–H and O–H groups in total. The Labute approximate surface area is 114 Å². The average Bonchev–Trinajstić information content (AvgIpc) is 2.76. The zero-order chi connectivity index (χ0) is 12.3. The monoisotopic (exact) mass is 314 g/mol. The molecule has 0 saturated carbocycles. The Morgan fingerprint density at radius 3 is 2.94 bits per heavy atom. The van der Waals surface area contributed by atoms with E-state index in [0.717, 1.165) is 22.6 Å². The Kier molecular flexibility index (Phi) is 4.07. The number of imidazole rings is 1. The van der Waals surface area contributed by atoms with Crippen LogP contribution in [0.3, 0.4) is 0 Å². The van der Waals surface area contributed by atoms with E-state index in [2.05, 4.69) is 20.9 Å². The van der Waals surface area contributed by atoms with Gasteiger partial charge in [-0.1, -0.05) is 6.07 Å². The maximum Gasteiger partial charge on any atom is 0.133 e. The van der Waals surface area contributed by atoms with Crippen LogP contribution in [-0.2, 0) is 12.4 Å². The van der Waals surface area contributed by atoms with Gasteiger partial charge < -0.3 is 9.30 Å². The van der Waals surface area contributed by atoms with Gasteiger partial charge in [-0.2, -0.15) is 0 Å². The number of hydrogen-bond acceptors (Lipinski definition) is 2. The molecule has 5 heteroatoms. The third-order valence-electron chi connectivity index (χ3n) is 2.49. The number of alkyl halides is 1. The fourth-order valence-corrected chi connectivity index (χ4v) is 2.43. The van der Waals surface area contributed by atoms with Crippen LogP contribution in [0, 0.1) is 0 Å². The molecular weight excluding hydrogens is 304 g/mol. The average molecular weight is 316 g/mol. The van der Waals surface area contributed by atoms with Gasteiger partial charge in [-0.05, 0) is 33.6 Å². The molecule has 2 aromatic rings. The highest BCUT2D eigenvalue weighted by Gasteiger charge is 2.05. The molecule has 90 valence electrons. The zero-order valence-corrected chi connectivity index (χ0v) is 11.7. The summed E-state index contributed by atoms with van der Waals surface area (Å²) in [6, 6.07) is 6.01. The van der Waals surface area contributed by atoms with Crippen molar-refractivity contribution < 1.29 is 4.74 Å². The van der Waals surface area contributed by atoms with Crippen molar-refractivity contribution in [3.05, 3.63) is 46.5 Å². The molecule has 0 aliphatic rings. The lowest BCUT2D eigenvalue weighted by molar-refractivity contribution is 0.412. The lowest BCUT2D eigenvalue weighted by Gasteiger charge is -2.08. The number of benzene rings is 1. The lowest BCUT2D eigenvalue weighted by atomic mass is 10.2. The highest BCUT2D eigenvalue weighted by Crippen LogP contribution is 2.26. The standard InChI is InChI=1S/C12H12BrClN2O/c1-17-11-3-2-9(6-10(11)13)8-16-5-4-15-12(16)7-14/h2-6H,7-8H2,1H3. The summed E-state index contributed by atoms with van der Waals surface area (Å²) < 4.78 is 8.17. The van der Waals surface area contributed by atoms with Crippen molar-refractivity contribution in [1.29, 1.82) is 0 Å². The predicted octanol–water partition coefficient (Wildman–Crippen LogP) is 3.44. The molecule has 1 aromatic carbocycles. The van der Waals surface area contributed by atoms with Crippen LogP contribution in [0.2, 0.25) is 0 Å². The van der Waals surface area contributed by atoms with Crippen LogP contribution in [0.5, 0.6) is 5.75 Å². The van der Waals surface area contributed by atoms with Crippen LogP contribution in [0.25, 0.3) is 0 Å². The molecule has 0 spiro atoms. The molecule has 0 atom stereocenters. The maximum absolute atomic E-state index is 5.81. The number of ether oxygens (including phenoxy) is 1. The van der Waals surface area contributed by atoms with E-state index in [4.69, 9.17) is 16.3 Å². The maximum atomic E-state index is 5.81. The number of methoxy groups -OCH3 is 1. The molecule has 0 aliphatic heterocycles. The summed E-state index contributed by atoms with van der Waals surface area (Å²) in [5.41, 5.74) is 1.17. The van der Waals surface area contributed by atoms with Crippen LogP contribution in [0.15, 0.2) is 35.1 Å². The van der Waals surface area contributed by atoms with Gasteiger partial charge >= 0.3 is 0 Å². The summed E-state index contributed by atoms with van der Waals surface area (Å²) in [5, 5.41) is 0. The molecule has 3 nitrogen and oxygen atoms in total.